The molecule has 2 rings (SSSR count). The van der Waals surface area contributed by atoms with Gasteiger partial charge in [0.05, 0.1) is 6.20 Å². The van der Waals surface area contributed by atoms with E-state index in [1.165, 1.54) is 25.7 Å². The van der Waals surface area contributed by atoms with Crippen molar-refractivity contribution in [2.75, 3.05) is 0 Å². The summed E-state index contributed by atoms with van der Waals surface area (Å²) in [5.74, 6) is 0. The second kappa shape index (κ2) is 6.13. The molecule has 2 aromatic rings. The third kappa shape index (κ3) is 3.37. The molecule has 0 fully saturated rings. The third-order valence-corrected chi connectivity index (χ3v) is 2.74. The number of pyridine rings is 1. The second-order valence-electron chi connectivity index (χ2n) is 4.17. The van der Waals surface area contributed by atoms with Crippen LogP contribution in [-0.4, -0.2) is 20.0 Å². The number of rotatable bonds is 6. The van der Waals surface area contributed by atoms with Crippen LogP contribution in [0.4, 0.5) is 0 Å². The summed E-state index contributed by atoms with van der Waals surface area (Å²) < 4.78 is 1.91. The van der Waals surface area contributed by atoms with Crippen LogP contribution in [0, 0.1) is 0 Å². The highest BCUT2D eigenvalue weighted by Crippen LogP contribution is 2.13. The fourth-order valence-electron chi connectivity index (χ4n) is 1.75. The SMILES string of the molecule is CCCCCCn1cc(-c2cccnc2)nn1. The molecule has 0 aliphatic rings. The van der Waals surface area contributed by atoms with Crippen molar-refractivity contribution in [3.8, 4) is 11.3 Å². The van der Waals surface area contributed by atoms with Gasteiger partial charge in [0.2, 0.25) is 0 Å². The van der Waals surface area contributed by atoms with Crippen molar-refractivity contribution in [2.24, 2.45) is 0 Å². The molecule has 0 bridgehead atoms. The van der Waals surface area contributed by atoms with E-state index in [9.17, 15) is 0 Å². The van der Waals surface area contributed by atoms with Crippen molar-refractivity contribution >= 4 is 0 Å². The van der Waals surface area contributed by atoms with Gasteiger partial charge in [-0.3, -0.25) is 9.67 Å². The zero-order valence-electron chi connectivity index (χ0n) is 10.2. The first-order valence-corrected chi connectivity index (χ1v) is 6.20. The first kappa shape index (κ1) is 11.8. The van der Waals surface area contributed by atoms with E-state index in [-0.39, 0.29) is 0 Å². The van der Waals surface area contributed by atoms with Crippen molar-refractivity contribution in [1.29, 1.82) is 0 Å². The highest BCUT2D eigenvalue weighted by Gasteiger charge is 2.02. The van der Waals surface area contributed by atoms with Gasteiger partial charge in [-0.05, 0) is 18.6 Å². The van der Waals surface area contributed by atoms with Crippen LogP contribution < -0.4 is 0 Å². The van der Waals surface area contributed by atoms with E-state index < -0.39 is 0 Å². The van der Waals surface area contributed by atoms with Gasteiger partial charge in [-0.1, -0.05) is 31.4 Å². The summed E-state index contributed by atoms with van der Waals surface area (Å²) in [5.41, 5.74) is 1.92. The summed E-state index contributed by atoms with van der Waals surface area (Å²) in [6, 6.07) is 3.91. The molecule has 0 saturated carbocycles. The zero-order chi connectivity index (χ0) is 11.9. The van der Waals surface area contributed by atoms with E-state index in [4.69, 9.17) is 0 Å². The summed E-state index contributed by atoms with van der Waals surface area (Å²) in [5, 5.41) is 8.29. The van der Waals surface area contributed by atoms with Gasteiger partial charge in [-0.25, -0.2) is 0 Å². The van der Waals surface area contributed by atoms with Crippen molar-refractivity contribution in [1.82, 2.24) is 20.0 Å². The van der Waals surface area contributed by atoms with Gasteiger partial charge in [-0.2, -0.15) is 0 Å². The quantitative estimate of drug-likeness (QED) is 0.717. The lowest BCUT2D eigenvalue weighted by Gasteiger charge is -1.98. The molecule has 2 aromatic heterocycles. The Morgan fingerprint density at radius 3 is 2.94 bits per heavy atom. The molecule has 0 N–H and O–H groups in total. The van der Waals surface area contributed by atoms with Crippen molar-refractivity contribution < 1.29 is 0 Å². The molecule has 0 radical (unpaired) electrons. The topological polar surface area (TPSA) is 43.6 Å². The number of aromatic nitrogens is 4. The van der Waals surface area contributed by atoms with Crippen LogP contribution in [0.1, 0.15) is 32.6 Å². The van der Waals surface area contributed by atoms with Crippen LogP contribution in [0.25, 0.3) is 11.3 Å². The third-order valence-electron chi connectivity index (χ3n) is 2.74. The van der Waals surface area contributed by atoms with Gasteiger partial charge in [0.25, 0.3) is 0 Å². The average molecular weight is 230 g/mol. The molecule has 0 spiro atoms. The largest absolute Gasteiger partial charge is 0.264 e. The molecule has 0 atom stereocenters. The fourth-order valence-corrected chi connectivity index (χ4v) is 1.75. The Bertz CT molecular complexity index is 436. The highest BCUT2D eigenvalue weighted by atomic mass is 15.4. The monoisotopic (exact) mass is 230 g/mol. The maximum atomic E-state index is 4.16. The average Bonchev–Trinajstić information content (AvgIpc) is 2.85. The normalized spacial score (nSPS) is 10.6. The summed E-state index contributed by atoms with van der Waals surface area (Å²) in [7, 11) is 0. The van der Waals surface area contributed by atoms with E-state index in [0.717, 1.165) is 17.8 Å². The minimum absolute atomic E-state index is 0.897. The van der Waals surface area contributed by atoms with Crippen LogP contribution in [0.5, 0.6) is 0 Å². The van der Waals surface area contributed by atoms with Crippen LogP contribution in [0.2, 0.25) is 0 Å². The molecule has 17 heavy (non-hydrogen) atoms. The van der Waals surface area contributed by atoms with Crippen LogP contribution in [0.3, 0.4) is 0 Å². The standard InChI is InChI=1S/C13H18N4/c1-2-3-4-5-9-17-11-13(15-16-17)12-7-6-8-14-10-12/h6-8,10-11H,2-5,9H2,1H3. The van der Waals surface area contributed by atoms with Gasteiger partial charge in [0, 0.05) is 24.5 Å². The molecule has 0 saturated heterocycles. The molecule has 0 aliphatic heterocycles. The van der Waals surface area contributed by atoms with Gasteiger partial charge in [-0.15, -0.1) is 5.10 Å². The molecule has 0 amide bonds. The molecule has 2 heterocycles. The Morgan fingerprint density at radius 1 is 1.24 bits per heavy atom. The zero-order valence-corrected chi connectivity index (χ0v) is 10.2. The van der Waals surface area contributed by atoms with E-state index in [2.05, 4.69) is 22.2 Å². The Labute approximate surface area is 102 Å². The summed E-state index contributed by atoms with van der Waals surface area (Å²) in [4.78, 5) is 4.08. The van der Waals surface area contributed by atoms with Crippen LogP contribution in [0.15, 0.2) is 30.7 Å². The van der Waals surface area contributed by atoms with Crippen molar-refractivity contribution in [3.05, 3.63) is 30.7 Å². The molecule has 4 heteroatoms. The van der Waals surface area contributed by atoms with Gasteiger partial charge in [0.1, 0.15) is 5.69 Å². The first-order valence-electron chi connectivity index (χ1n) is 6.20. The lowest BCUT2D eigenvalue weighted by molar-refractivity contribution is 0.527. The highest BCUT2D eigenvalue weighted by molar-refractivity contribution is 5.55. The van der Waals surface area contributed by atoms with Gasteiger partial charge >= 0.3 is 0 Å². The van der Waals surface area contributed by atoms with Crippen LogP contribution >= 0.6 is 0 Å². The smallest absolute Gasteiger partial charge is 0.114 e. The minimum Gasteiger partial charge on any atom is -0.264 e. The number of nitrogens with zero attached hydrogens (tertiary/aromatic N) is 4. The van der Waals surface area contributed by atoms with Crippen molar-refractivity contribution in [3.63, 3.8) is 0 Å². The molecule has 90 valence electrons. The predicted molar refractivity (Wildman–Crippen MR) is 67.4 cm³/mol. The Kier molecular flexibility index (Phi) is 4.24. The lowest BCUT2D eigenvalue weighted by Crippen LogP contribution is -1.98. The molecular weight excluding hydrogens is 212 g/mol. The Morgan fingerprint density at radius 2 is 2.18 bits per heavy atom. The maximum Gasteiger partial charge on any atom is 0.114 e. The van der Waals surface area contributed by atoms with E-state index in [0.29, 0.717) is 0 Å². The summed E-state index contributed by atoms with van der Waals surface area (Å²) >= 11 is 0. The first-order chi connectivity index (χ1) is 8.40. The van der Waals surface area contributed by atoms with E-state index >= 15 is 0 Å². The summed E-state index contributed by atoms with van der Waals surface area (Å²) in [6.45, 7) is 3.17. The molecule has 0 aromatic carbocycles. The minimum atomic E-state index is 0.897. The number of hydrogen-bond acceptors (Lipinski definition) is 3. The summed E-state index contributed by atoms with van der Waals surface area (Å²) in [6.07, 6.45) is 10.6. The Balaban J connectivity index is 1.92. The lowest BCUT2D eigenvalue weighted by atomic mass is 10.2. The number of aryl methyl sites for hydroxylation is 1. The number of hydrogen-bond donors (Lipinski definition) is 0. The fraction of sp³-hybridized carbons (Fsp3) is 0.462. The molecule has 4 nitrogen and oxygen atoms in total. The predicted octanol–water partition coefficient (Wildman–Crippen LogP) is 2.92. The van der Waals surface area contributed by atoms with Gasteiger partial charge in [0.15, 0.2) is 0 Å². The van der Waals surface area contributed by atoms with E-state index in [1.54, 1.807) is 6.20 Å². The van der Waals surface area contributed by atoms with Crippen LogP contribution in [-0.2, 0) is 6.54 Å². The van der Waals surface area contributed by atoms with Crippen molar-refractivity contribution in [2.45, 2.75) is 39.2 Å². The number of unbranched alkanes of at least 4 members (excludes halogenated alkanes) is 3. The Hall–Kier alpha value is -1.71. The van der Waals surface area contributed by atoms with E-state index in [1.807, 2.05) is 29.2 Å². The molecular formula is C13H18N4. The second-order valence-corrected chi connectivity index (χ2v) is 4.17. The maximum absolute atomic E-state index is 4.16. The van der Waals surface area contributed by atoms with Gasteiger partial charge < -0.3 is 0 Å². The molecule has 0 aliphatic carbocycles. The molecule has 0 unspecified atom stereocenters.